The number of hydrogen-bond donors (Lipinski definition) is 1. The highest BCUT2D eigenvalue weighted by Gasteiger charge is 2.26. The van der Waals surface area contributed by atoms with Gasteiger partial charge in [0.2, 0.25) is 0 Å². The van der Waals surface area contributed by atoms with Crippen LogP contribution in [-0.2, 0) is 0 Å². The highest BCUT2D eigenvalue weighted by atomic mass is 15.2. The first kappa shape index (κ1) is 17.0. The molecule has 1 N–H and O–H groups in total. The summed E-state index contributed by atoms with van der Waals surface area (Å²) in [6.07, 6.45) is 6.78. The summed E-state index contributed by atoms with van der Waals surface area (Å²) in [5.74, 6) is 1.57. The molecule has 0 aliphatic heterocycles. The molecule has 1 aliphatic carbocycles. The Labute approximate surface area is 121 Å². The van der Waals surface area contributed by atoms with Crippen molar-refractivity contribution in [2.24, 2.45) is 11.8 Å². The van der Waals surface area contributed by atoms with Crippen molar-refractivity contribution < 1.29 is 0 Å². The van der Waals surface area contributed by atoms with E-state index in [4.69, 9.17) is 0 Å². The molecule has 0 radical (unpaired) electrons. The van der Waals surface area contributed by atoms with E-state index in [9.17, 15) is 0 Å². The van der Waals surface area contributed by atoms with Gasteiger partial charge in [0.1, 0.15) is 0 Å². The third-order valence-corrected chi connectivity index (χ3v) is 4.10. The molecule has 0 unspecified atom stereocenters. The molecule has 0 atom stereocenters. The van der Waals surface area contributed by atoms with Crippen molar-refractivity contribution >= 4 is 0 Å². The predicted molar refractivity (Wildman–Crippen MR) is 85.6 cm³/mol. The second-order valence-electron chi connectivity index (χ2n) is 7.20. The standard InChI is InChI=1S/C17H36N2/c1-6-11-18-16-7-9-17(10-8-16)19(12-14(2)3)13-15(4)5/h14-18H,6-13H2,1-5H3. The van der Waals surface area contributed by atoms with Gasteiger partial charge < -0.3 is 5.32 Å². The summed E-state index contributed by atoms with van der Waals surface area (Å²) in [7, 11) is 0. The molecule has 2 nitrogen and oxygen atoms in total. The van der Waals surface area contributed by atoms with Crippen molar-refractivity contribution in [3.05, 3.63) is 0 Å². The lowest BCUT2D eigenvalue weighted by atomic mass is 9.89. The molecular formula is C17H36N2. The lowest BCUT2D eigenvalue weighted by Gasteiger charge is -2.39. The number of hydrogen-bond acceptors (Lipinski definition) is 2. The quantitative estimate of drug-likeness (QED) is 0.718. The third-order valence-electron chi connectivity index (χ3n) is 4.10. The summed E-state index contributed by atoms with van der Waals surface area (Å²) in [5, 5.41) is 3.69. The minimum Gasteiger partial charge on any atom is -0.314 e. The van der Waals surface area contributed by atoms with Gasteiger partial charge in [0, 0.05) is 25.2 Å². The van der Waals surface area contributed by atoms with Crippen LogP contribution in [-0.4, -0.2) is 36.6 Å². The van der Waals surface area contributed by atoms with Gasteiger partial charge in [-0.2, -0.15) is 0 Å². The zero-order valence-corrected chi connectivity index (χ0v) is 13.9. The molecule has 1 saturated carbocycles. The molecule has 19 heavy (non-hydrogen) atoms. The number of nitrogens with one attached hydrogen (secondary N) is 1. The zero-order valence-electron chi connectivity index (χ0n) is 13.9. The number of nitrogens with zero attached hydrogens (tertiary/aromatic N) is 1. The van der Waals surface area contributed by atoms with Gasteiger partial charge in [-0.25, -0.2) is 0 Å². The second-order valence-corrected chi connectivity index (χ2v) is 7.20. The van der Waals surface area contributed by atoms with Gasteiger partial charge in [-0.1, -0.05) is 34.6 Å². The van der Waals surface area contributed by atoms with Crippen LogP contribution < -0.4 is 5.32 Å². The molecule has 1 rings (SSSR count). The summed E-state index contributed by atoms with van der Waals surface area (Å²) in [6, 6.07) is 1.63. The smallest absolute Gasteiger partial charge is 0.00966 e. The Morgan fingerprint density at radius 1 is 0.947 bits per heavy atom. The van der Waals surface area contributed by atoms with E-state index >= 15 is 0 Å². The van der Waals surface area contributed by atoms with E-state index in [1.54, 1.807) is 0 Å². The fraction of sp³-hybridized carbons (Fsp3) is 1.00. The van der Waals surface area contributed by atoms with E-state index in [1.807, 2.05) is 0 Å². The molecular weight excluding hydrogens is 232 g/mol. The molecule has 0 bridgehead atoms. The van der Waals surface area contributed by atoms with Crippen LogP contribution in [0.3, 0.4) is 0 Å². The van der Waals surface area contributed by atoms with Crippen molar-refractivity contribution in [3.8, 4) is 0 Å². The predicted octanol–water partition coefficient (Wildman–Crippen LogP) is 3.91. The molecule has 0 spiro atoms. The minimum absolute atomic E-state index is 0.787. The Balaban J connectivity index is 2.40. The van der Waals surface area contributed by atoms with Gasteiger partial charge in [0.05, 0.1) is 0 Å². The van der Waals surface area contributed by atoms with Gasteiger partial charge in [-0.15, -0.1) is 0 Å². The van der Waals surface area contributed by atoms with E-state index in [0.717, 1.165) is 23.9 Å². The molecule has 0 amide bonds. The van der Waals surface area contributed by atoms with Gasteiger partial charge in [-0.3, -0.25) is 4.90 Å². The maximum absolute atomic E-state index is 3.69. The first-order valence-electron chi connectivity index (χ1n) is 8.50. The Hall–Kier alpha value is -0.0800. The third kappa shape index (κ3) is 6.76. The average molecular weight is 268 g/mol. The lowest BCUT2D eigenvalue weighted by Crippen LogP contribution is -2.45. The molecule has 0 aromatic carbocycles. The van der Waals surface area contributed by atoms with Gasteiger partial charge in [-0.05, 0) is 50.5 Å². The normalized spacial score (nSPS) is 24.6. The largest absolute Gasteiger partial charge is 0.314 e. The fourth-order valence-corrected chi connectivity index (χ4v) is 3.30. The zero-order chi connectivity index (χ0) is 14.3. The van der Waals surface area contributed by atoms with Crippen LogP contribution in [0, 0.1) is 11.8 Å². The molecule has 0 aromatic heterocycles. The second kappa shape index (κ2) is 8.97. The van der Waals surface area contributed by atoms with Crippen molar-refractivity contribution in [1.82, 2.24) is 10.2 Å². The SMILES string of the molecule is CCCNC1CCC(N(CC(C)C)CC(C)C)CC1. The Morgan fingerprint density at radius 2 is 1.47 bits per heavy atom. The highest BCUT2D eigenvalue weighted by molar-refractivity contribution is 4.83. The first-order chi connectivity index (χ1) is 9.02. The van der Waals surface area contributed by atoms with Gasteiger partial charge >= 0.3 is 0 Å². The monoisotopic (exact) mass is 268 g/mol. The van der Waals surface area contributed by atoms with Crippen LogP contribution in [0.15, 0.2) is 0 Å². The van der Waals surface area contributed by atoms with E-state index < -0.39 is 0 Å². The molecule has 0 saturated heterocycles. The highest BCUT2D eigenvalue weighted by Crippen LogP contribution is 2.24. The molecule has 114 valence electrons. The Morgan fingerprint density at radius 3 is 1.89 bits per heavy atom. The van der Waals surface area contributed by atoms with E-state index in [1.165, 1.54) is 51.7 Å². The van der Waals surface area contributed by atoms with Crippen molar-refractivity contribution in [1.29, 1.82) is 0 Å². The number of rotatable bonds is 8. The molecule has 0 heterocycles. The van der Waals surface area contributed by atoms with Gasteiger partial charge in [0.25, 0.3) is 0 Å². The Bertz CT molecular complexity index is 207. The van der Waals surface area contributed by atoms with Gasteiger partial charge in [0.15, 0.2) is 0 Å². The van der Waals surface area contributed by atoms with Crippen LogP contribution in [0.5, 0.6) is 0 Å². The molecule has 0 aromatic rings. The van der Waals surface area contributed by atoms with E-state index in [-0.39, 0.29) is 0 Å². The minimum atomic E-state index is 0.787. The van der Waals surface area contributed by atoms with Crippen molar-refractivity contribution in [3.63, 3.8) is 0 Å². The lowest BCUT2D eigenvalue weighted by molar-refractivity contribution is 0.116. The topological polar surface area (TPSA) is 15.3 Å². The summed E-state index contributed by atoms with van der Waals surface area (Å²) in [4.78, 5) is 2.77. The Kier molecular flexibility index (Phi) is 8.01. The van der Waals surface area contributed by atoms with Crippen LogP contribution in [0.2, 0.25) is 0 Å². The first-order valence-corrected chi connectivity index (χ1v) is 8.50. The average Bonchev–Trinajstić information content (AvgIpc) is 2.35. The summed E-state index contributed by atoms with van der Waals surface area (Å²) >= 11 is 0. The van der Waals surface area contributed by atoms with Crippen molar-refractivity contribution in [2.75, 3.05) is 19.6 Å². The molecule has 2 heteroatoms. The molecule has 1 aliphatic rings. The van der Waals surface area contributed by atoms with Crippen molar-refractivity contribution in [2.45, 2.75) is 78.8 Å². The maximum Gasteiger partial charge on any atom is 0.00966 e. The van der Waals surface area contributed by atoms with Crippen LogP contribution in [0.4, 0.5) is 0 Å². The summed E-state index contributed by atoms with van der Waals surface area (Å²) in [5.41, 5.74) is 0. The molecule has 1 fully saturated rings. The summed E-state index contributed by atoms with van der Waals surface area (Å²) < 4.78 is 0. The van der Waals surface area contributed by atoms with E-state index in [2.05, 4.69) is 44.8 Å². The fourth-order valence-electron chi connectivity index (χ4n) is 3.30. The van der Waals surface area contributed by atoms with E-state index in [0.29, 0.717) is 0 Å². The van der Waals surface area contributed by atoms with Crippen LogP contribution in [0.1, 0.15) is 66.7 Å². The van der Waals surface area contributed by atoms with Crippen LogP contribution in [0.25, 0.3) is 0 Å². The summed E-state index contributed by atoms with van der Waals surface area (Å²) in [6.45, 7) is 15.4. The van der Waals surface area contributed by atoms with Crippen LogP contribution >= 0.6 is 0 Å². The maximum atomic E-state index is 3.69.